The molecule has 2 atom stereocenters. The molecule has 3 rings (SSSR count). The molecule has 7 nitrogen and oxygen atoms in total. The number of hydrogen-bond donors (Lipinski definition) is 0. The van der Waals surface area contributed by atoms with Crippen molar-refractivity contribution in [2.45, 2.75) is 49.6 Å². The minimum absolute atomic E-state index is 0.0157. The summed E-state index contributed by atoms with van der Waals surface area (Å²) in [5.74, 6) is 0.749. The maximum absolute atomic E-state index is 12.9. The molecule has 136 valence electrons. The Morgan fingerprint density at radius 1 is 1.33 bits per heavy atom. The third kappa shape index (κ3) is 3.06. The van der Waals surface area contributed by atoms with Crippen LogP contribution in [0.25, 0.3) is 0 Å². The lowest BCUT2D eigenvalue weighted by Crippen LogP contribution is -2.54. The van der Waals surface area contributed by atoms with E-state index in [-0.39, 0.29) is 28.8 Å². The van der Waals surface area contributed by atoms with Gasteiger partial charge in [-0.1, -0.05) is 0 Å². The normalized spacial score (nSPS) is 31.8. The maximum Gasteiger partial charge on any atom is 0.246 e. The zero-order chi connectivity index (χ0) is 17.7. The fourth-order valence-corrected chi connectivity index (χ4v) is 6.11. The Labute approximate surface area is 147 Å². The first-order valence-corrected chi connectivity index (χ1v) is 11.1. The number of thioether (sulfide) groups is 1. The van der Waals surface area contributed by atoms with Gasteiger partial charge in [0.1, 0.15) is 6.04 Å². The second-order valence-electron chi connectivity index (χ2n) is 7.10. The Bertz CT molecular complexity index is 645. The molecule has 9 heteroatoms. The van der Waals surface area contributed by atoms with Crippen LogP contribution < -0.4 is 0 Å². The number of carbonyl (C=O) groups excluding carboxylic acids is 2. The van der Waals surface area contributed by atoms with Crippen molar-refractivity contribution in [2.24, 2.45) is 0 Å². The summed E-state index contributed by atoms with van der Waals surface area (Å²) in [6, 6.07) is -0.417. The van der Waals surface area contributed by atoms with Gasteiger partial charge in [0.05, 0.1) is 11.1 Å². The lowest BCUT2D eigenvalue weighted by Gasteiger charge is -2.38. The standard InChI is InChI=1S/C15H25N3O4S2/c1-15-7-4-13(19)18(15)12(10-23-15)14(20)17-8-5-11(6-9-17)16(2)24(3,21)22/h11-12H,4-10H2,1-3H3. The first kappa shape index (κ1) is 18.0. The zero-order valence-corrected chi connectivity index (χ0v) is 16.0. The molecule has 0 N–H and O–H groups in total. The third-order valence-corrected chi connectivity index (χ3v) is 8.39. The second kappa shape index (κ2) is 6.17. The molecule has 0 spiro atoms. The average molecular weight is 376 g/mol. The molecule has 0 aromatic heterocycles. The van der Waals surface area contributed by atoms with Gasteiger partial charge in [0.15, 0.2) is 0 Å². The Morgan fingerprint density at radius 3 is 2.54 bits per heavy atom. The number of rotatable bonds is 3. The predicted octanol–water partition coefficient (Wildman–Crippen LogP) is 0.323. The monoisotopic (exact) mass is 375 g/mol. The molecule has 0 bridgehead atoms. The van der Waals surface area contributed by atoms with Gasteiger partial charge in [0, 0.05) is 38.4 Å². The molecule has 3 fully saturated rings. The van der Waals surface area contributed by atoms with Crippen molar-refractivity contribution in [2.75, 3.05) is 32.1 Å². The fourth-order valence-electron chi connectivity index (χ4n) is 3.93. The van der Waals surface area contributed by atoms with E-state index in [0.717, 1.165) is 6.42 Å². The lowest BCUT2D eigenvalue weighted by atomic mass is 10.0. The molecule has 0 radical (unpaired) electrons. The summed E-state index contributed by atoms with van der Waals surface area (Å²) in [6.07, 6.45) is 3.82. The van der Waals surface area contributed by atoms with Gasteiger partial charge < -0.3 is 9.80 Å². The van der Waals surface area contributed by atoms with E-state index in [0.29, 0.717) is 38.1 Å². The highest BCUT2D eigenvalue weighted by molar-refractivity contribution is 8.01. The molecule has 0 aromatic carbocycles. The van der Waals surface area contributed by atoms with Gasteiger partial charge in [-0.15, -0.1) is 11.8 Å². The Kier molecular flexibility index (Phi) is 4.63. The largest absolute Gasteiger partial charge is 0.341 e. The van der Waals surface area contributed by atoms with E-state index in [1.807, 2.05) is 6.92 Å². The molecule has 0 aromatic rings. The van der Waals surface area contributed by atoms with Crippen LogP contribution in [0.5, 0.6) is 0 Å². The number of sulfonamides is 1. The number of fused-ring (bicyclic) bond motifs is 1. The Hall–Kier alpha value is -0.800. The number of carbonyl (C=O) groups is 2. The van der Waals surface area contributed by atoms with Gasteiger partial charge in [-0.05, 0) is 26.2 Å². The summed E-state index contributed by atoms with van der Waals surface area (Å²) in [6.45, 7) is 3.13. The van der Waals surface area contributed by atoms with Crippen LogP contribution in [0.3, 0.4) is 0 Å². The lowest BCUT2D eigenvalue weighted by molar-refractivity contribution is -0.144. The second-order valence-corrected chi connectivity index (χ2v) is 10.6. The molecule has 2 amide bonds. The van der Waals surface area contributed by atoms with E-state index in [1.165, 1.54) is 10.6 Å². The summed E-state index contributed by atoms with van der Waals surface area (Å²) in [7, 11) is -1.61. The number of amides is 2. The highest BCUT2D eigenvalue weighted by Crippen LogP contribution is 2.47. The van der Waals surface area contributed by atoms with Crippen molar-refractivity contribution in [3.8, 4) is 0 Å². The molecule has 0 saturated carbocycles. The van der Waals surface area contributed by atoms with Crippen LogP contribution in [-0.2, 0) is 19.6 Å². The molecule has 2 unspecified atom stereocenters. The van der Waals surface area contributed by atoms with Crippen LogP contribution in [0.4, 0.5) is 0 Å². The molecular weight excluding hydrogens is 350 g/mol. The van der Waals surface area contributed by atoms with Gasteiger partial charge in [-0.3, -0.25) is 9.59 Å². The first-order chi connectivity index (χ1) is 11.1. The summed E-state index contributed by atoms with van der Waals surface area (Å²) in [4.78, 5) is 28.4. The van der Waals surface area contributed by atoms with Crippen molar-refractivity contribution in [1.29, 1.82) is 0 Å². The number of hydrogen-bond acceptors (Lipinski definition) is 5. The number of nitrogens with zero attached hydrogens (tertiary/aromatic N) is 3. The molecule has 3 aliphatic heterocycles. The molecule has 3 saturated heterocycles. The smallest absolute Gasteiger partial charge is 0.246 e. The highest BCUT2D eigenvalue weighted by Gasteiger charge is 2.53. The quantitative estimate of drug-likeness (QED) is 0.710. The van der Waals surface area contributed by atoms with Crippen molar-refractivity contribution in [1.82, 2.24) is 14.1 Å². The first-order valence-electron chi connectivity index (χ1n) is 8.31. The minimum atomic E-state index is -3.21. The third-order valence-electron chi connectivity index (χ3n) is 5.54. The van der Waals surface area contributed by atoms with E-state index in [2.05, 4.69) is 0 Å². The maximum atomic E-state index is 12.9. The van der Waals surface area contributed by atoms with Crippen molar-refractivity contribution in [3.63, 3.8) is 0 Å². The highest BCUT2D eigenvalue weighted by atomic mass is 32.2. The van der Waals surface area contributed by atoms with Crippen LogP contribution >= 0.6 is 11.8 Å². The van der Waals surface area contributed by atoms with Gasteiger partial charge in [-0.25, -0.2) is 12.7 Å². The van der Waals surface area contributed by atoms with Gasteiger partial charge in [0.25, 0.3) is 0 Å². The van der Waals surface area contributed by atoms with Crippen LogP contribution in [-0.4, -0.2) is 83.4 Å². The summed E-state index contributed by atoms with van der Waals surface area (Å²) >= 11 is 1.70. The van der Waals surface area contributed by atoms with E-state index in [9.17, 15) is 18.0 Å². The van der Waals surface area contributed by atoms with Gasteiger partial charge in [-0.2, -0.15) is 0 Å². The Balaban J connectivity index is 1.63. The molecule has 3 heterocycles. The topological polar surface area (TPSA) is 78.0 Å². The van der Waals surface area contributed by atoms with Crippen molar-refractivity contribution in [3.05, 3.63) is 0 Å². The van der Waals surface area contributed by atoms with E-state index in [4.69, 9.17) is 0 Å². The minimum Gasteiger partial charge on any atom is -0.341 e. The molecular formula is C15H25N3O4S2. The predicted molar refractivity (Wildman–Crippen MR) is 92.9 cm³/mol. The number of likely N-dealkylation sites (tertiary alicyclic amines) is 1. The molecule has 0 aliphatic carbocycles. The van der Waals surface area contributed by atoms with Crippen LogP contribution in [0.15, 0.2) is 0 Å². The van der Waals surface area contributed by atoms with Crippen LogP contribution in [0.1, 0.15) is 32.6 Å². The molecule has 24 heavy (non-hydrogen) atoms. The van der Waals surface area contributed by atoms with Crippen LogP contribution in [0.2, 0.25) is 0 Å². The average Bonchev–Trinajstić information content (AvgIpc) is 3.02. The van der Waals surface area contributed by atoms with Gasteiger partial charge >= 0.3 is 0 Å². The van der Waals surface area contributed by atoms with Gasteiger partial charge in [0.2, 0.25) is 21.8 Å². The number of piperidine rings is 1. The van der Waals surface area contributed by atoms with E-state index >= 15 is 0 Å². The summed E-state index contributed by atoms with van der Waals surface area (Å²) in [5, 5.41) is 0. The molecule has 3 aliphatic rings. The Morgan fingerprint density at radius 2 is 1.96 bits per heavy atom. The van der Waals surface area contributed by atoms with E-state index < -0.39 is 10.0 Å². The SMILES string of the molecule is CN(C1CCN(C(=O)C2CSC3(C)CCC(=O)N23)CC1)S(C)(=O)=O. The summed E-state index contributed by atoms with van der Waals surface area (Å²) < 4.78 is 24.7. The fraction of sp³-hybridized carbons (Fsp3) is 0.867. The van der Waals surface area contributed by atoms with Crippen molar-refractivity contribution < 1.29 is 18.0 Å². The van der Waals surface area contributed by atoms with E-state index in [1.54, 1.807) is 28.6 Å². The summed E-state index contributed by atoms with van der Waals surface area (Å²) in [5.41, 5.74) is 0. The van der Waals surface area contributed by atoms with Crippen LogP contribution in [0, 0.1) is 0 Å². The zero-order valence-electron chi connectivity index (χ0n) is 14.4. The van der Waals surface area contributed by atoms with Crippen molar-refractivity contribution >= 4 is 33.6 Å².